The summed E-state index contributed by atoms with van der Waals surface area (Å²) in [5.74, 6) is -1.35. The highest BCUT2D eigenvalue weighted by Crippen LogP contribution is 2.44. The Morgan fingerprint density at radius 3 is 2.11 bits per heavy atom. The van der Waals surface area contributed by atoms with E-state index in [1.807, 2.05) is 48.5 Å². The fourth-order valence-corrected chi connectivity index (χ4v) is 3.75. The van der Waals surface area contributed by atoms with Crippen molar-refractivity contribution in [3.8, 4) is 11.1 Å². The van der Waals surface area contributed by atoms with Gasteiger partial charge in [-0.05, 0) is 27.8 Å². The number of ether oxygens (including phenoxy) is 4. The molecule has 35 heavy (non-hydrogen) atoms. The molecular formula is C24H28N4O7. The van der Waals surface area contributed by atoms with Crippen LogP contribution in [0.25, 0.3) is 21.6 Å². The summed E-state index contributed by atoms with van der Waals surface area (Å²) >= 11 is 0. The summed E-state index contributed by atoms with van der Waals surface area (Å²) in [6.45, 7) is 1.46. The van der Waals surface area contributed by atoms with Gasteiger partial charge in [0.15, 0.2) is 6.04 Å². The maximum absolute atomic E-state index is 12.3. The molecule has 1 atom stereocenters. The van der Waals surface area contributed by atoms with E-state index in [4.69, 9.17) is 24.5 Å². The second kappa shape index (κ2) is 13.9. The fraction of sp³-hybridized carbons (Fsp3) is 0.417. The summed E-state index contributed by atoms with van der Waals surface area (Å²) in [4.78, 5) is 26.4. The smallest absolute Gasteiger partial charge is 0.407 e. The molecule has 2 aromatic rings. The highest BCUT2D eigenvalue weighted by atomic mass is 16.6. The minimum absolute atomic E-state index is 0.0891. The topological polar surface area (TPSA) is 152 Å². The minimum Gasteiger partial charge on any atom is -0.480 e. The van der Waals surface area contributed by atoms with Gasteiger partial charge in [0.1, 0.15) is 6.61 Å². The second-order valence-electron chi connectivity index (χ2n) is 7.61. The molecule has 0 radical (unpaired) electrons. The molecule has 0 spiro atoms. The van der Waals surface area contributed by atoms with Gasteiger partial charge in [0.2, 0.25) is 0 Å². The van der Waals surface area contributed by atoms with Crippen molar-refractivity contribution in [3.63, 3.8) is 0 Å². The zero-order chi connectivity index (χ0) is 24.9. The number of carboxylic acids is 1. The van der Waals surface area contributed by atoms with E-state index in [0.717, 1.165) is 22.3 Å². The van der Waals surface area contributed by atoms with Crippen LogP contribution in [0, 0.1) is 0 Å². The molecule has 0 saturated heterocycles. The standard InChI is InChI=1S/C24H28N4O7/c25-28-26-9-10-32-11-12-33-13-14-34-16-22(23(29)30)27-24(31)35-15-21-19-7-3-1-5-17(19)18-6-2-4-8-20(18)21/h1-8,21-22H,9-16H2,(H,27,31)(H,29,30)/t22-/m0/s1. The third-order valence-corrected chi connectivity index (χ3v) is 5.36. The lowest BCUT2D eigenvalue weighted by atomic mass is 9.98. The molecule has 0 fully saturated rings. The van der Waals surface area contributed by atoms with Crippen molar-refractivity contribution in [1.82, 2.24) is 5.32 Å². The van der Waals surface area contributed by atoms with Crippen molar-refractivity contribution in [3.05, 3.63) is 70.1 Å². The van der Waals surface area contributed by atoms with Gasteiger partial charge in [0, 0.05) is 17.4 Å². The average molecular weight is 485 g/mol. The van der Waals surface area contributed by atoms with Gasteiger partial charge in [-0.2, -0.15) is 0 Å². The monoisotopic (exact) mass is 484 g/mol. The fourth-order valence-electron chi connectivity index (χ4n) is 3.75. The van der Waals surface area contributed by atoms with E-state index in [2.05, 4.69) is 15.3 Å². The molecule has 1 aliphatic rings. The van der Waals surface area contributed by atoms with Crippen LogP contribution in [-0.2, 0) is 23.7 Å². The number of carboxylic acid groups (broad SMARTS) is 1. The molecule has 0 aliphatic heterocycles. The minimum atomic E-state index is -1.25. The number of nitrogens with zero attached hydrogens (tertiary/aromatic N) is 3. The summed E-state index contributed by atoms with van der Waals surface area (Å²) in [7, 11) is 0. The lowest BCUT2D eigenvalue weighted by molar-refractivity contribution is -0.141. The Balaban J connectivity index is 1.37. The summed E-state index contributed by atoms with van der Waals surface area (Å²) in [6, 6.07) is 14.7. The third kappa shape index (κ3) is 7.69. The van der Waals surface area contributed by atoms with Crippen LogP contribution in [0.3, 0.4) is 0 Å². The van der Waals surface area contributed by atoms with E-state index in [1.165, 1.54) is 0 Å². The molecule has 0 saturated carbocycles. The average Bonchev–Trinajstić information content (AvgIpc) is 3.19. The molecule has 11 heteroatoms. The quantitative estimate of drug-likeness (QED) is 0.170. The predicted octanol–water partition coefficient (Wildman–Crippen LogP) is 3.34. The van der Waals surface area contributed by atoms with Crippen molar-refractivity contribution in [1.29, 1.82) is 0 Å². The number of aliphatic carboxylic acids is 1. The number of nitrogens with one attached hydrogen (secondary N) is 1. The number of hydrogen-bond acceptors (Lipinski definition) is 7. The van der Waals surface area contributed by atoms with Crippen molar-refractivity contribution in [2.24, 2.45) is 5.11 Å². The first-order chi connectivity index (χ1) is 17.1. The predicted molar refractivity (Wildman–Crippen MR) is 126 cm³/mol. The maximum Gasteiger partial charge on any atom is 0.407 e. The lowest BCUT2D eigenvalue weighted by Gasteiger charge is -2.17. The van der Waals surface area contributed by atoms with E-state index >= 15 is 0 Å². The second-order valence-corrected chi connectivity index (χ2v) is 7.61. The van der Waals surface area contributed by atoms with E-state index in [-0.39, 0.29) is 38.9 Å². The molecule has 1 amide bonds. The summed E-state index contributed by atoms with van der Waals surface area (Å²) in [5, 5.41) is 15.1. The molecule has 0 unspecified atom stereocenters. The van der Waals surface area contributed by atoms with E-state index in [1.54, 1.807) is 0 Å². The van der Waals surface area contributed by atoms with Crippen LogP contribution in [0.15, 0.2) is 53.6 Å². The van der Waals surface area contributed by atoms with Gasteiger partial charge in [0.25, 0.3) is 0 Å². The number of rotatable bonds is 15. The summed E-state index contributed by atoms with van der Waals surface area (Å²) in [5.41, 5.74) is 12.5. The molecule has 1 aliphatic carbocycles. The zero-order valence-corrected chi connectivity index (χ0v) is 19.2. The van der Waals surface area contributed by atoms with Gasteiger partial charge in [-0.3, -0.25) is 0 Å². The number of azide groups is 1. The van der Waals surface area contributed by atoms with Gasteiger partial charge >= 0.3 is 12.1 Å². The van der Waals surface area contributed by atoms with Crippen molar-refractivity contribution in [2.45, 2.75) is 12.0 Å². The number of benzene rings is 2. The Morgan fingerprint density at radius 1 is 0.943 bits per heavy atom. The first-order valence-electron chi connectivity index (χ1n) is 11.2. The molecule has 0 heterocycles. The number of carbonyl (C=O) groups excluding carboxylic acids is 1. The van der Waals surface area contributed by atoms with Crippen molar-refractivity contribution >= 4 is 12.1 Å². The van der Waals surface area contributed by atoms with Crippen molar-refractivity contribution < 1.29 is 33.6 Å². The molecule has 2 N–H and O–H groups in total. The molecule has 186 valence electrons. The van der Waals surface area contributed by atoms with Crippen LogP contribution in [-0.4, -0.2) is 76.0 Å². The van der Waals surface area contributed by atoms with Gasteiger partial charge < -0.3 is 29.4 Å². The molecule has 0 bridgehead atoms. The van der Waals surface area contributed by atoms with Gasteiger partial charge in [-0.25, -0.2) is 9.59 Å². The Kier molecular flexibility index (Phi) is 10.3. The normalized spacial score (nSPS) is 12.8. The van der Waals surface area contributed by atoms with Crippen LogP contribution in [0.5, 0.6) is 0 Å². The van der Waals surface area contributed by atoms with Crippen LogP contribution < -0.4 is 5.32 Å². The summed E-state index contributed by atoms with van der Waals surface area (Å²) < 4.78 is 21.2. The molecule has 3 rings (SSSR count). The number of hydrogen-bond donors (Lipinski definition) is 2. The van der Waals surface area contributed by atoms with Gasteiger partial charge in [-0.1, -0.05) is 53.6 Å². The number of fused-ring (bicyclic) bond motifs is 3. The van der Waals surface area contributed by atoms with Crippen LogP contribution in [0.2, 0.25) is 0 Å². The molecule has 0 aromatic heterocycles. The highest BCUT2D eigenvalue weighted by Gasteiger charge is 2.29. The number of amides is 1. The highest BCUT2D eigenvalue weighted by molar-refractivity contribution is 5.81. The van der Waals surface area contributed by atoms with Crippen LogP contribution >= 0.6 is 0 Å². The zero-order valence-electron chi connectivity index (χ0n) is 19.2. The first kappa shape index (κ1) is 26.0. The maximum atomic E-state index is 12.3. The Bertz CT molecular complexity index is 997. The van der Waals surface area contributed by atoms with Crippen LogP contribution in [0.1, 0.15) is 17.0 Å². The first-order valence-corrected chi connectivity index (χ1v) is 11.2. The molecule has 2 aromatic carbocycles. The summed E-state index contributed by atoms with van der Waals surface area (Å²) in [6.07, 6.45) is -0.822. The van der Waals surface area contributed by atoms with E-state index < -0.39 is 18.1 Å². The Hall–Kier alpha value is -3.63. The molecular weight excluding hydrogens is 456 g/mol. The van der Waals surface area contributed by atoms with Crippen molar-refractivity contribution in [2.75, 3.05) is 52.8 Å². The Morgan fingerprint density at radius 2 is 1.51 bits per heavy atom. The van der Waals surface area contributed by atoms with Gasteiger partial charge in [0.05, 0.1) is 39.6 Å². The van der Waals surface area contributed by atoms with E-state index in [0.29, 0.717) is 19.8 Å². The SMILES string of the molecule is [N-]=[N+]=NCCOCCOCCOC[C@H](NC(=O)OCC1c2ccccc2-c2ccccc21)C(=O)O. The number of alkyl carbamates (subject to hydrolysis) is 1. The van der Waals surface area contributed by atoms with E-state index in [9.17, 15) is 14.7 Å². The number of carbonyl (C=O) groups is 2. The molecule has 11 nitrogen and oxygen atoms in total. The lowest BCUT2D eigenvalue weighted by Crippen LogP contribution is -2.44. The Labute approximate surface area is 202 Å². The van der Waals surface area contributed by atoms with Crippen LogP contribution in [0.4, 0.5) is 4.79 Å². The third-order valence-electron chi connectivity index (χ3n) is 5.36. The largest absolute Gasteiger partial charge is 0.480 e. The van der Waals surface area contributed by atoms with Gasteiger partial charge in [-0.15, -0.1) is 0 Å².